The molecule has 3 atom stereocenters. The van der Waals surface area contributed by atoms with Crippen molar-refractivity contribution in [1.29, 1.82) is 0 Å². The standard InChI is InChI=1S/C36H44BN7O5S2/c1-23(27-5-4-12-38-18-27)42-35(46)28-13-29(15-33(14-28)44(51(3,48)49)20-26-8-10-30(37)11-9-26)36(47)43-31(16-32-21-50-22-41-32)19-39-24(2)34(45)40-17-25-6-7-25/h4-5,8-15,18,21-25,31,39H,6-7,16-17,19-20,37H2,1-3H3,(H,40,45)(H,42,46)(H,43,47)/t23?,24-,31-/m0/s1. The summed E-state index contributed by atoms with van der Waals surface area (Å²) in [4.78, 5) is 48.9. The predicted octanol–water partition coefficient (Wildman–Crippen LogP) is 2.10. The Morgan fingerprint density at radius 2 is 1.73 bits per heavy atom. The molecule has 268 valence electrons. The number of hydrogen-bond donors (Lipinski definition) is 4. The number of hydrogen-bond acceptors (Lipinski definition) is 9. The fourth-order valence-corrected chi connectivity index (χ4v) is 6.88. The third-order valence-corrected chi connectivity index (χ3v) is 10.5. The van der Waals surface area contributed by atoms with Gasteiger partial charge in [-0.1, -0.05) is 35.8 Å². The van der Waals surface area contributed by atoms with E-state index in [4.69, 9.17) is 0 Å². The van der Waals surface area contributed by atoms with Crippen LogP contribution in [0, 0.1) is 5.92 Å². The van der Waals surface area contributed by atoms with Crippen molar-refractivity contribution in [2.24, 2.45) is 5.92 Å². The maximum atomic E-state index is 14.0. The Kier molecular flexibility index (Phi) is 12.6. The highest BCUT2D eigenvalue weighted by atomic mass is 32.2. The summed E-state index contributed by atoms with van der Waals surface area (Å²) in [6, 6.07) is 14.1. The summed E-state index contributed by atoms with van der Waals surface area (Å²) in [5.41, 5.74) is 5.41. The number of carbonyl (C=O) groups excluding carboxylic acids is 3. The topological polar surface area (TPSA) is 162 Å². The van der Waals surface area contributed by atoms with Gasteiger partial charge in [0.15, 0.2) is 0 Å². The van der Waals surface area contributed by atoms with Crippen LogP contribution in [0.25, 0.3) is 0 Å². The van der Waals surface area contributed by atoms with Gasteiger partial charge in [-0.15, -0.1) is 11.3 Å². The van der Waals surface area contributed by atoms with E-state index >= 15 is 0 Å². The maximum Gasteiger partial charge on any atom is 0.251 e. The molecular weight excluding hydrogens is 685 g/mol. The lowest BCUT2D eigenvalue weighted by molar-refractivity contribution is -0.122. The Balaban J connectivity index is 1.43. The summed E-state index contributed by atoms with van der Waals surface area (Å²) in [6.07, 6.45) is 7.04. The summed E-state index contributed by atoms with van der Waals surface area (Å²) in [5, 5.41) is 14.1. The number of carbonyl (C=O) groups is 3. The van der Waals surface area contributed by atoms with E-state index in [-0.39, 0.29) is 35.8 Å². The van der Waals surface area contributed by atoms with Crippen molar-refractivity contribution in [3.63, 3.8) is 0 Å². The van der Waals surface area contributed by atoms with Crippen molar-refractivity contribution < 1.29 is 22.8 Å². The molecule has 0 spiro atoms. The largest absolute Gasteiger partial charge is 0.354 e. The van der Waals surface area contributed by atoms with Crippen molar-refractivity contribution in [2.45, 2.75) is 57.8 Å². The van der Waals surface area contributed by atoms with Crippen LogP contribution in [0.2, 0.25) is 0 Å². The van der Waals surface area contributed by atoms with E-state index in [0.717, 1.165) is 41.4 Å². The van der Waals surface area contributed by atoms with Gasteiger partial charge < -0.3 is 21.3 Å². The van der Waals surface area contributed by atoms with Crippen LogP contribution in [0.1, 0.15) is 70.3 Å². The molecular formula is C36H44BN7O5S2. The normalized spacial score (nSPS) is 14.6. The molecule has 0 bridgehead atoms. The lowest BCUT2D eigenvalue weighted by Crippen LogP contribution is -2.49. The van der Waals surface area contributed by atoms with Crippen LogP contribution in [-0.2, 0) is 27.8 Å². The Hall–Kier alpha value is -4.60. The molecule has 1 saturated carbocycles. The minimum Gasteiger partial charge on any atom is -0.354 e. The van der Waals surface area contributed by atoms with E-state index in [1.165, 1.54) is 33.8 Å². The molecule has 15 heteroatoms. The Bertz CT molecular complexity index is 1910. The van der Waals surface area contributed by atoms with Gasteiger partial charge in [0.1, 0.15) is 7.85 Å². The van der Waals surface area contributed by atoms with Gasteiger partial charge in [-0.3, -0.25) is 23.7 Å². The van der Waals surface area contributed by atoms with Gasteiger partial charge in [0, 0.05) is 54.5 Å². The van der Waals surface area contributed by atoms with E-state index < -0.39 is 40.0 Å². The molecule has 1 fully saturated rings. The van der Waals surface area contributed by atoms with Gasteiger partial charge in [-0.2, -0.15) is 0 Å². The second-order valence-corrected chi connectivity index (χ2v) is 15.8. The highest BCUT2D eigenvalue weighted by Gasteiger charge is 2.26. The van der Waals surface area contributed by atoms with E-state index in [1.54, 1.807) is 30.9 Å². The zero-order valence-corrected chi connectivity index (χ0v) is 30.9. The highest BCUT2D eigenvalue weighted by molar-refractivity contribution is 7.92. The van der Waals surface area contributed by atoms with Crippen LogP contribution >= 0.6 is 11.3 Å². The molecule has 3 amide bonds. The van der Waals surface area contributed by atoms with Gasteiger partial charge in [-0.05, 0) is 68.0 Å². The van der Waals surface area contributed by atoms with Crippen molar-refractivity contribution in [3.05, 3.63) is 106 Å². The molecule has 4 aromatic rings. The number of sulfonamides is 1. The molecule has 1 unspecified atom stereocenters. The van der Waals surface area contributed by atoms with Gasteiger partial charge in [-0.25, -0.2) is 13.4 Å². The summed E-state index contributed by atoms with van der Waals surface area (Å²) in [6.45, 7) is 4.51. The first-order chi connectivity index (χ1) is 24.4. The number of thiazole rings is 1. The number of nitrogens with one attached hydrogen (secondary N) is 4. The van der Waals surface area contributed by atoms with E-state index in [9.17, 15) is 22.8 Å². The number of pyridine rings is 1. The molecule has 2 aromatic heterocycles. The van der Waals surface area contributed by atoms with Crippen LogP contribution < -0.4 is 31.0 Å². The Labute approximate surface area is 304 Å². The fraction of sp³-hybridized carbons (Fsp3) is 0.361. The lowest BCUT2D eigenvalue weighted by Gasteiger charge is -2.25. The molecule has 51 heavy (non-hydrogen) atoms. The monoisotopic (exact) mass is 729 g/mol. The molecule has 12 nitrogen and oxygen atoms in total. The summed E-state index contributed by atoms with van der Waals surface area (Å²) < 4.78 is 27.7. The molecule has 1 aliphatic rings. The number of benzene rings is 2. The van der Waals surface area contributed by atoms with Crippen LogP contribution in [0.4, 0.5) is 5.69 Å². The van der Waals surface area contributed by atoms with E-state index in [1.807, 2.05) is 50.5 Å². The molecule has 2 aromatic carbocycles. The van der Waals surface area contributed by atoms with Gasteiger partial charge in [0.2, 0.25) is 15.9 Å². The molecule has 4 N–H and O–H groups in total. The number of nitrogens with zero attached hydrogens (tertiary/aromatic N) is 3. The molecule has 1 aliphatic carbocycles. The second-order valence-electron chi connectivity index (χ2n) is 13.2. The molecule has 2 heterocycles. The highest BCUT2D eigenvalue weighted by Crippen LogP contribution is 2.28. The van der Waals surface area contributed by atoms with Crippen LogP contribution in [0.3, 0.4) is 0 Å². The van der Waals surface area contributed by atoms with Crippen LogP contribution in [-0.4, -0.2) is 75.4 Å². The van der Waals surface area contributed by atoms with Crippen LogP contribution in [0.15, 0.2) is 77.9 Å². The van der Waals surface area contributed by atoms with Crippen LogP contribution in [0.5, 0.6) is 0 Å². The van der Waals surface area contributed by atoms with E-state index in [0.29, 0.717) is 18.9 Å². The lowest BCUT2D eigenvalue weighted by atomic mass is 9.95. The molecule has 5 rings (SSSR count). The Morgan fingerprint density at radius 1 is 1.02 bits per heavy atom. The Morgan fingerprint density at radius 3 is 2.33 bits per heavy atom. The van der Waals surface area contributed by atoms with Gasteiger partial charge in [0.25, 0.3) is 11.8 Å². The molecule has 0 saturated heterocycles. The zero-order valence-electron chi connectivity index (χ0n) is 29.3. The smallest absolute Gasteiger partial charge is 0.251 e. The number of rotatable bonds is 17. The average molecular weight is 730 g/mol. The summed E-state index contributed by atoms with van der Waals surface area (Å²) >= 11 is 1.44. The molecule has 0 aliphatic heterocycles. The summed E-state index contributed by atoms with van der Waals surface area (Å²) in [5.74, 6) is -0.561. The quantitative estimate of drug-likeness (QED) is 0.120. The zero-order chi connectivity index (χ0) is 36.5. The SMILES string of the molecule is Bc1ccc(CN(c2cc(C(=O)NC(C)c3cccnc3)cc(C(=O)N[C@H](CN[C@@H](C)C(=O)NCC3CC3)Cc3cscn3)c2)S(C)(=O)=O)cc1. The number of aromatic nitrogens is 2. The third kappa shape index (κ3) is 11.2. The first-order valence-electron chi connectivity index (χ1n) is 16.9. The minimum absolute atomic E-state index is 0.00555. The average Bonchev–Trinajstić information content (AvgIpc) is 3.81. The molecule has 0 radical (unpaired) electrons. The maximum absolute atomic E-state index is 14.0. The predicted molar refractivity (Wildman–Crippen MR) is 202 cm³/mol. The first-order valence-corrected chi connectivity index (χ1v) is 19.7. The van der Waals surface area contributed by atoms with Crippen molar-refractivity contribution >= 4 is 58.1 Å². The first kappa shape index (κ1) is 37.7. The van der Waals surface area contributed by atoms with Gasteiger partial charge >= 0.3 is 0 Å². The van der Waals surface area contributed by atoms with Crippen molar-refractivity contribution in [1.82, 2.24) is 31.2 Å². The minimum atomic E-state index is -3.86. The van der Waals surface area contributed by atoms with Crippen molar-refractivity contribution in [3.8, 4) is 0 Å². The second kappa shape index (κ2) is 17.1. The van der Waals surface area contributed by atoms with Gasteiger partial charge in [0.05, 0.1) is 41.8 Å². The number of anilines is 1. The third-order valence-electron chi connectivity index (χ3n) is 8.71. The summed E-state index contributed by atoms with van der Waals surface area (Å²) in [7, 11) is -1.92. The van der Waals surface area contributed by atoms with Crippen molar-refractivity contribution in [2.75, 3.05) is 23.7 Å². The number of amides is 3. The van der Waals surface area contributed by atoms with E-state index in [2.05, 4.69) is 31.2 Å². The fourth-order valence-electron chi connectivity index (χ4n) is 5.44.